The van der Waals surface area contributed by atoms with Gasteiger partial charge in [-0.25, -0.2) is 9.97 Å². The highest BCUT2D eigenvalue weighted by molar-refractivity contribution is 7.11. The van der Waals surface area contributed by atoms with Crippen molar-refractivity contribution >= 4 is 11.3 Å². The number of thiazole rings is 1. The molecule has 0 amide bonds. The van der Waals surface area contributed by atoms with Crippen LogP contribution < -0.4 is 5.32 Å². The van der Waals surface area contributed by atoms with Gasteiger partial charge >= 0.3 is 0 Å². The first-order valence-electron chi connectivity index (χ1n) is 6.09. The second-order valence-electron chi connectivity index (χ2n) is 5.48. The van der Waals surface area contributed by atoms with Crippen LogP contribution in [0.1, 0.15) is 36.3 Å². The lowest BCUT2D eigenvalue weighted by atomic mass is 10.1. The predicted molar refractivity (Wildman–Crippen MR) is 74.8 cm³/mol. The van der Waals surface area contributed by atoms with Crippen LogP contribution in [0.3, 0.4) is 0 Å². The van der Waals surface area contributed by atoms with E-state index in [2.05, 4.69) is 47.5 Å². The molecule has 0 saturated heterocycles. The van der Waals surface area contributed by atoms with E-state index in [0.717, 1.165) is 18.1 Å². The Bertz CT molecular complexity index is 507. The summed E-state index contributed by atoms with van der Waals surface area (Å²) in [5, 5.41) is 4.61. The molecule has 2 aromatic heterocycles. The Morgan fingerprint density at radius 2 is 2.11 bits per heavy atom. The number of aryl methyl sites for hydroxylation is 1. The van der Waals surface area contributed by atoms with Gasteiger partial charge in [-0.15, -0.1) is 11.3 Å². The van der Waals surface area contributed by atoms with Gasteiger partial charge in [0.25, 0.3) is 0 Å². The van der Waals surface area contributed by atoms with E-state index in [4.69, 9.17) is 0 Å². The Morgan fingerprint density at radius 3 is 2.72 bits per heavy atom. The van der Waals surface area contributed by atoms with Crippen molar-refractivity contribution in [2.75, 3.05) is 0 Å². The molecule has 1 N–H and O–H groups in total. The van der Waals surface area contributed by atoms with Crippen molar-refractivity contribution in [3.63, 3.8) is 0 Å². The number of aromatic nitrogens is 3. The van der Waals surface area contributed by atoms with Gasteiger partial charge in [-0.2, -0.15) is 0 Å². The van der Waals surface area contributed by atoms with Gasteiger partial charge in [0.15, 0.2) is 0 Å². The van der Waals surface area contributed by atoms with Crippen molar-refractivity contribution < 1.29 is 0 Å². The number of imidazole rings is 1. The Balaban J connectivity index is 2.03. The fraction of sp³-hybridized carbons (Fsp3) is 0.538. The molecule has 98 valence electrons. The van der Waals surface area contributed by atoms with Crippen LogP contribution in [0.25, 0.3) is 0 Å². The molecule has 5 heteroatoms. The molecule has 0 bridgehead atoms. The Kier molecular flexibility index (Phi) is 3.82. The van der Waals surface area contributed by atoms with Gasteiger partial charge in [0, 0.05) is 29.4 Å². The monoisotopic (exact) mass is 264 g/mol. The highest BCUT2D eigenvalue weighted by Crippen LogP contribution is 2.14. The largest absolute Gasteiger partial charge is 0.326 e. The maximum Gasteiger partial charge on any atom is 0.113 e. The van der Waals surface area contributed by atoms with Crippen LogP contribution in [-0.2, 0) is 13.1 Å². The highest BCUT2D eigenvalue weighted by Gasteiger charge is 2.11. The Labute approximate surface area is 112 Å². The number of nitrogens with zero attached hydrogens (tertiary/aromatic N) is 3. The predicted octanol–water partition coefficient (Wildman–Crippen LogP) is 2.58. The molecule has 4 nitrogen and oxygen atoms in total. The molecule has 0 atom stereocenters. The summed E-state index contributed by atoms with van der Waals surface area (Å²) in [6, 6.07) is 0. The van der Waals surface area contributed by atoms with Crippen LogP contribution in [0.2, 0.25) is 0 Å². The van der Waals surface area contributed by atoms with E-state index in [9.17, 15) is 0 Å². The minimum absolute atomic E-state index is 0.118. The lowest BCUT2D eigenvalue weighted by Gasteiger charge is -2.20. The van der Waals surface area contributed by atoms with Crippen molar-refractivity contribution in [3.05, 3.63) is 34.3 Å². The third-order valence-corrected chi connectivity index (χ3v) is 3.47. The molecule has 0 saturated carbocycles. The number of hydrogen-bond acceptors (Lipinski definition) is 4. The van der Waals surface area contributed by atoms with Crippen LogP contribution in [0, 0.1) is 6.92 Å². The molecular weight excluding hydrogens is 244 g/mol. The molecule has 2 heterocycles. The van der Waals surface area contributed by atoms with Gasteiger partial charge in [-0.05, 0) is 27.7 Å². The van der Waals surface area contributed by atoms with Crippen molar-refractivity contribution in [3.8, 4) is 0 Å². The van der Waals surface area contributed by atoms with Crippen molar-refractivity contribution in [2.24, 2.45) is 0 Å². The van der Waals surface area contributed by atoms with E-state index in [1.165, 1.54) is 10.6 Å². The summed E-state index contributed by atoms with van der Waals surface area (Å²) in [6.07, 6.45) is 5.71. The van der Waals surface area contributed by atoms with Crippen LogP contribution in [0.4, 0.5) is 0 Å². The SMILES string of the molecule is Cc1cnc(Cn2cncc2CNC(C)(C)C)s1. The zero-order chi connectivity index (χ0) is 13.2. The van der Waals surface area contributed by atoms with E-state index >= 15 is 0 Å². The zero-order valence-electron chi connectivity index (χ0n) is 11.4. The molecule has 0 aromatic carbocycles. The average molecular weight is 264 g/mol. The third-order valence-electron chi connectivity index (χ3n) is 2.57. The fourth-order valence-corrected chi connectivity index (χ4v) is 2.40. The minimum Gasteiger partial charge on any atom is -0.326 e. The first-order chi connectivity index (χ1) is 8.44. The molecule has 18 heavy (non-hydrogen) atoms. The van der Waals surface area contributed by atoms with Crippen LogP contribution in [-0.4, -0.2) is 20.1 Å². The second kappa shape index (κ2) is 5.20. The zero-order valence-corrected chi connectivity index (χ0v) is 12.2. The number of nitrogens with one attached hydrogen (secondary N) is 1. The summed E-state index contributed by atoms with van der Waals surface area (Å²) in [6.45, 7) is 10.2. The van der Waals surface area contributed by atoms with Gasteiger partial charge < -0.3 is 9.88 Å². The minimum atomic E-state index is 0.118. The molecular formula is C13H20N4S. The molecule has 0 fully saturated rings. The number of hydrogen-bond donors (Lipinski definition) is 1. The van der Waals surface area contributed by atoms with Crippen LogP contribution in [0.15, 0.2) is 18.7 Å². The standard InChI is InChI=1S/C13H20N4S/c1-10-5-15-12(18-10)8-17-9-14-6-11(17)7-16-13(2,3)4/h5-6,9,16H,7-8H2,1-4H3. The van der Waals surface area contributed by atoms with E-state index < -0.39 is 0 Å². The van der Waals surface area contributed by atoms with Gasteiger partial charge in [-0.1, -0.05) is 0 Å². The van der Waals surface area contributed by atoms with E-state index in [0.29, 0.717) is 0 Å². The van der Waals surface area contributed by atoms with Gasteiger partial charge in [0.05, 0.1) is 18.6 Å². The topological polar surface area (TPSA) is 42.7 Å². The summed E-state index contributed by atoms with van der Waals surface area (Å²) in [4.78, 5) is 9.87. The third kappa shape index (κ3) is 3.65. The molecule has 0 aliphatic rings. The maximum absolute atomic E-state index is 4.39. The van der Waals surface area contributed by atoms with E-state index in [1.807, 2.05) is 18.7 Å². The van der Waals surface area contributed by atoms with Crippen molar-refractivity contribution in [1.29, 1.82) is 0 Å². The molecule has 2 aromatic rings. The quantitative estimate of drug-likeness (QED) is 0.923. The smallest absolute Gasteiger partial charge is 0.113 e. The van der Waals surface area contributed by atoms with Crippen molar-refractivity contribution in [1.82, 2.24) is 19.9 Å². The molecule has 0 spiro atoms. The van der Waals surface area contributed by atoms with Crippen molar-refractivity contribution in [2.45, 2.75) is 46.3 Å². The Morgan fingerprint density at radius 1 is 1.33 bits per heavy atom. The average Bonchev–Trinajstić information content (AvgIpc) is 2.85. The van der Waals surface area contributed by atoms with E-state index in [1.54, 1.807) is 11.3 Å². The van der Waals surface area contributed by atoms with Gasteiger partial charge in [-0.3, -0.25) is 0 Å². The summed E-state index contributed by atoms with van der Waals surface area (Å²) < 4.78 is 2.15. The Hall–Kier alpha value is -1.20. The first kappa shape index (κ1) is 13.2. The normalized spacial score (nSPS) is 12.0. The fourth-order valence-electron chi connectivity index (χ4n) is 1.61. The molecule has 0 aliphatic heterocycles. The summed E-state index contributed by atoms with van der Waals surface area (Å²) in [5.41, 5.74) is 1.31. The maximum atomic E-state index is 4.39. The molecule has 0 aliphatic carbocycles. The van der Waals surface area contributed by atoms with Crippen LogP contribution in [0.5, 0.6) is 0 Å². The van der Waals surface area contributed by atoms with E-state index in [-0.39, 0.29) is 5.54 Å². The molecule has 2 rings (SSSR count). The first-order valence-corrected chi connectivity index (χ1v) is 6.91. The summed E-state index contributed by atoms with van der Waals surface area (Å²) in [5.74, 6) is 0. The second-order valence-corrected chi connectivity index (χ2v) is 6.80. The molecule has 0 unspecified atom stereocenters. The lowest BCUT2D eigenvalue weighted by molar-refractivity contribution is 0.417. The summed E-state index contributed by atoms with van der Waals surface area (Å²) >= 11 is 1.74. The van der Waals surface area contributed by atoms with Gasteiger partial charge in [0.2, 0.25) is 0 Å². The van der Waals surface area contributed by atoms with Crippen LogP contribution >= 0.6 is 11.3 Å². The highest BCUT2D eigenvalue weighted by atomic mass is 32.1. The van der Waals surface area contributed by atoms with Gasteiger partial charge in [0.1, 0.15) is 5.01 Å². The molecule has 0 radical (unpaired) electrons. The lowest BCUT2D eigenvalue weighted by Crippen LogP contribution is -2.35. The number of rotatable bonds is 4. The summed E-state index contributed by atoms with van der Waals surface area (Å²) in [7, 11) is 0.